The number of Topliss-reactive ketones (excluding diaryl/α,β-unsaturated/α-hetero) is 1. The highest BCUT2D eigenvalue weighted by Gasteiger charge is 2.15. The van der Waals surface area contributed by atoms with Gasteiger partial charge in [0.05, 0.1) is 0 Å². The van der Waals surface area contributed by atoms with Crippen LogP contribution in [-0.2, 0) is 0 Å². The quantitative estimate of drug-likeness (QED) is 0.704. The molecule has 0 N–H and O–H groups in total. The number of benzene rings is 1. The van der Waals surface area contributed by atoms with E-state index < -0.39 is 0 Å². The lowest BCUT2D eigenvalue weighted by Gasteiger charge is -2.09. The number of ketones is 1. The van der Waals surface area contributed by atoms with Gasteiger partial charge < -0.3 is 0 Å². The van der Waals surface area contributed by atoms with Crippen LogP contribution in [0.3, 0.4) is 0 Å². The van der Waals surface area contributed by atoms with Crippen molar-refractivity contribution in [2.75, 3.05) is 0 Å². The zero-order valence-electron chi connectivity index (χ0n) is 11.6. The molecular formula is C18H20O. The summed E-state index contributed by atoms with van der Waals surface area (Å²) in [6.07, 6.45) is 11.2. The number of carbonyl (C=O) groups excluding carboxylic acids is 1. The molecule has 0 unspecified atom stereocenters. The van der Waals surface area contributed by atoms with Gasteiger partial charge in [-0.2, -0.15) is 0 Å². The van der Waals surface area contributed by atoms with Crippen LogP contribution in [0.2, 0.25) is 0 Å². The molecule has 0 saturated carbocycles. The van der Waals surface area contributed by atoms with Crippen LogP contribution in [0.5, 0.6) is 0 Å². The van der Waals surface area contributed by atoms with Crippen molar-refractivity contribution in [1.82, 2.24) is 0 Å². The van der Waals surface area contributed by atoms with Crippen LogP contribution in [0.25, 0.3) is 0 Å². The summed E-state index contributed by atoms with van der Waals surface area (Å²) in [7, 11) is 0. The summed E-state index contributed by atoms with van der Waals surface area (Å²) in [4.78, 5) is 12.7. The van der Waals surface area contributed by atoms with Gasteiger partial charge in [-0.25, -0.2) is 0 Å². The second-order valence-corrected chi connectivity index (χ2v) is 4.87. The fourth-order valence-corrected chi connectivity index (χ4v) is 2.35. The number of hydrogen-bond acceptors (Lipinski definition) is 1. The minimum absolute atomic E-state index is 0.143. The zero-order chi connectivity index (χ0) is 13.7. The van der Waals surface area contributed by atoms with E-state index in [0.717, 1.165) is 41.5 Å². The zero-order valence-corrected chi connectivity index (χ0v) is 11.6. The molecule has 19 heavy (non-hydrogen) atoms. The number of carbonyl (C=O) groups is 1. The summed E-state index contributed by atoms with van der Waals surface area (Å²) in [5.74, 6) is 0.143. The topological polar surface area (TPSA) is 17.1 Å². The van der Waals surface area contributed by atoms with Crippen LogP contribution < -0.4 is 0 Å². The maximum absolute atomic E-state index is 12.7. The van der Waals surface area contributed by atoms with Crippen LogP contribution in [-0.4, -0.2) is 5.78 Å². The molecule has 0 aliphatic heterocycles. The Kier molecular flexibility index (Phi) is 4.51. The molecule has 0 bridgehead atoms. The summed E-state index contributed by atoms with van der Waals surface area (Å²) in [6, 6.07) is 7.80. The molecule has 0 heterocycles. The fourth-order valence-electron chi connectivity index (χ4n) is 2.35. The SMILES string of the molecule is CCCC1=C(C(=O)c2ccccc2C)C=CCC=C1. The van der Waals surface area contributed by atoms with Crippen molar-refractivity contribution in [3.63, 3.8) is 0 Å². The Labute approximate surface area is 115 Å². The maximum Gasteiger partial charge on any atom is 0.193 e. The predicted molar refractivity (Wildman–Crippen MR) is 80.3 cm³/mol. The molecule has 98 valence electrons. The van der Waals surface area contributed by atoms with Crippen molar-refractivity contribution in [3.8, 4) is 0 Å². The normalized spacial score (nSPS) is 14.6. The predicted octanol–water partition coefficient (Wildman–Crippen LogP) is 4.79. The first-order chi connectivity index (χ1) is 9.24. The monoisotopic (exact) mass is 252 g/mol. The molecule has 1 aliphatic carbocycles. The Bertz CT molecular complexity index is 559. The van der Waals surface area contributed by atoms with Crippen molar-refractivity contribution < 1.29 is 4.79 Å². The fraction of sp³-hybridized carbons (Fsp3) is 0.278. The molecule has 1 aromatic rings. The third kappa shape index (κ3) is 3.11. The summed E-state index contributed by atoms with van der Waals surface area (Å²) in [6.45, 7) is 4.13. The standard InChI is InChI=1S/C18H20O/c1-3-9-15-11-5-4-6-13-17(15)18(19)16-12-8-7-10-14(16)2/h5-8,10-13H,3-4,9H2,1-2H3. The van der Waals surface area contributed by atoms with Gasteiger partial charge in [0.15, 0.2) is 5.78 Å². The van der Waals surface area contributed by atoms with Crippen molar-refractivity contribution in [3.05, 3.63) is 70.8 Å². The van der Waals surface area contributed by atoms with Crippen molar-refractivity contribution in [2.24, 2.45) is 0 Å². The average molecular weight is 252 g/mol. The number of rotatable bonds is 4. The summed E-state index contributed by atoms with van der Waals surface area (Å²) in [5.41, 5.74) is 3.86. The molecule has 2 rings (SSSR count). The number of allylic oxidation sites excluding steroid dienone is 6. The molecule has 0 spiro atoms. The first-order valence-corrected chi connectivity index (χ1v) is 6.90. The molecule has 1 heteroatoms. The van der Waals surface area contributed by atoms with Crippen LogP contribution in [0.15, 0.2) is 59.7 Å². The van der Waals surface area contributed by atoms with Crippen LogP contribution in [0.4, 0.5) is 0 Å². The van der Waals surface area contributed by atoms with Gasteiger partial charge in [0.2, 0.25) is 0 Å². The van der Waals surface area contributed by atoms with Gasteiger partial charge in [-0.1, -0.05) is 61.9 Å². The van der Waals surface area contributed by atoms with Crippen molar-refractivity contribution in [2.45, 2.75) is 33.1 Å². The molecule has 0 amide bonds. The molecule has 1 nitrogen and oxygen atoms in total. The van der Waals surface area contributed by atoms with Gasteiger partial charge >= 0.3 is 0 Å². The van der Waals surface area contributed by atoms with E-state index in [1.54, 1.807) is 0 Å². The summed E-state index contributed by atoms with van der Waals surface area (Å²) in [5, 5.41) is 0. The van der Waals surface area contributed by atoms with Gasteiger partial charge in [-0.05, 0) is 30.9 Å². The largest absolute Gasteiger partial charge is 0.289 e. The van der Waals surface area contributed by atoms with Crippen molar-refractivity contribution >= 4 is 5.78 Å². The molecule has 0 radical (unpaired) electrons. The van der Waals surface area contributed by atoms with E-state index in [1.165, 1.54) is 0 Å². The molecule has 1 aliphatic rings. The van der Waals surface area contributed by atoms with Gasteiger partial charge in [0.25, 0.3) is 0 Å². The molecule has 0 aromatic heterocycles. The highest BCUT2D eigenvalue weighted by molar-refractivity contribution is 6.12. The van der Waals surface area contributed by atoms with Gasteiger partial charge in [-0.15, -0.1) is 0 Å². The molecular weight excluding hydrogens is 232 g/mol. The Hall–Kier alpha value is -1.89. The third-order valence-corrected chi connectivity index (χ3v) is 3.38. The van der Waals surface area contributed by atoms with Crippen LogP contribution in [0, 0.1) is 6.92 Å². The van der Waals surface area contributed by atoms with E-state index in [-0.39, 0.29) is 5.78 Å². The lowest BCUT2D eigenvalue weighted by Crippen LogP contribution is -2.06. The number of aryl methyl sites for hydroxylation is 1. The highest BCUT2D eigenvalue weighted by Crippen LogP contribution is 2.23. The van der Waals surface area contributed by atoms with Gasteiger partial charge in [-0.3, -0.25) is 4.79 Å². The first-order valence-electron chi connectivity index (χ1n) is 6.90. The van der Waals surface area contributed by atoms with E-state index in [9.17, 15) is 4.79 Å². The van der Waals surface area contributed by atoms with E-state index in [2.05, 4.69) is 25.2 Å². The Balaban J connectivity index is 2.45. The Morgan fingerprint density at radius 1 is 1.16 bits per heavy atom. The first kappa shape index (κ1) is 13.5. The average Bonchev–Trinajstić information content (AvgIpc) is 2.64. The van der Waals surface area contributed by atoms with Gasteiger partial charge in [0.1, 0.15) is 0 Å². The van der Waals surface area contributed by atoms with E-state index in [1.807, 2.05) is 37.3 Å². The Morgan fingerprint density at radius 2 is 1.89 bits per heavy atom. The highest BCUT2D eigenvalue weighted by atomic mass is 16.1. The smallest absolute Gasteiger partial charge is 0.193 e. The lowest BCUT2D eigenvalue weighted by atomic mass is 9.94. The summed E-state index contributed by atoms with van der Waals surface area (Å²) < 4.78 is 0. The second kappa shape index (κ2) is 6.33. The molecule has 1 aromatic carbocycles. The molecule has 0 atom stereocenters. The van der Waals surface area contributed by atoms with E-state index in [4.69, 9.17) is 0 Å². The van der Waals surface area contributed by atoms with Gasteiger partial charge in [0, 0.05) is 11.1 Å². The third-order valence-electron chi connectivity index (χ3n) is 3.38. The molecule has 0 saturated heterocycles. The van der Waals surface area contributed by atoms with Crippen LogP contribution in [0.1, 0.15) is 42.1 Å². The molecule has 0 fully saturated rings. The lowest BCUT2D eigenvalue weighted by molar-refractivity contribution is 0.103. The minimum Gasteiger partial charge on any atom is -0.289 e. The van der Waals surface area contributed by atoms with Crippen molar-refractivity contribution in [1.29, 1.82) is 0 Å². The number of hydrogen-bond donors (Lipinski definition) is 0. The Morgan fingerprint density at radius 3 is 2.63 bits per heavy atom. The minimum atomic E-state index is 0.143. The van der Waals surface area contributed by atoms with E-state index >= 15 is 0 Å². The maximum atomic E-state index is 12.7. The summed E-state index contributed by atoms with van der Waals surface area (Å²) >= 11 is 0. The second-order valence-electron chi connectivity index (χ2n) is 4.87. The van der Waals surface area contributed by atoms with Crippen LogP contribution >= 0.6 is 0 Å². The van der Waals surface area contributed by atoms with E-state index in [0.29, 0.717) is 0 Å².